The molecule has 0 aliphatic carbocycles. The number of nitrogens with zero attached hydrogens (tertiary/aromatic N) is 4. The molecule has 0 radical (unpaired) electrons. The van der Waals surface area contributed by atoms with Crippen LogP contribution >= 0.6 is 0 Å². The highest BCUT2D eigenvalue weighted by Gasteiger charge is 2.25. The summed E-state index contributed by atoms with van der Waals surface area (Å²) in [7, 11) is 1.97. The Hall–Kier alpha value is -1.62. The molecule has 2 aromatic rings. The molecule has 0 bridgehead atoms. The number of aryl methyl sites for hydroxylation is 2. The summed E-state index contributed by atoms with van der Waals surface area (Å²) in [6, 6.07) is 2.53. The Balaban J connectivity index is 1.77. The Morgan fingerprint density at radius 1 is 1.32 bits per heavy atom. The van der Waals surface area contributed by atoms with Gasteiger partial charge < -0.3 is 4.52 Å². The zero-order chi connectivity index (χ0) is 15.4. The Morgan fingerprint density at radius 3 is 3.00 bits per heavy atom. The van der Waals surface area contributed by atoms with E-state index in [1.165, 1.54) is 31.2 Å². The van der Waals surface area contributed by atoms with Crippen LogP contribution in [0, 0.1) is 0 Å². The zero-order valence-corrected chi connectivity index (χ0v) is 13.7. The fourth-order valence-electron chi connectivity index (χ4n) is 3.33. The van der Waals surface area contributed by atoms with E-state index >= 15 is 0 Å². The zero-order valence-electron chi connectivity index (χ0n) is 13.7. The third kappa shape index (κ3) is 3.58. The van der Waals surface area contributed by atoms with Crippen molar-refractivity contribution in [3.05, 3.63) is 35.5 Å². The number of aromatic nitrogens is 3. The molecule has 0 aromatic carbocycles. The van der Waals surface area contributed by atoms with Crippen molar-refractivity contribution in [1.82, 2.24) is 19.8 Å². The van der Waals surface area contributed by atoms with E-state index in [1.807, 2.05) is 17.9 Å². The van der Waals surface area contributed by atoms with Gasteiger partial charge in [-0.25, -0.2) is 0 Å². The summed E-state index contributed by atoms with van der Waals surface area (Å²) < 4.78 is 7.38. The molecule has 0 spiro atoms. The number of rotatable bonds is 5. The standard InChI is InChI=1S/C17H26N4O/c1-3-7-15-10-16(19-22-15)17-8-5-4-6-9-21(17)13-14-11-18-20(2)12-14/h10-12,17H,3-9,13H2,1-2H3/t17-/m0/s1. The summed E-state index contributed by atoms with van der Waals surface area (Å²) in [5.74, 6) is 1.02. The lowest BCUT2D eigenvalue weighted by Gasteiger charge is -2.27. The molecule has 3 heterocycles. The van der Waals surface area contributed by atoms with Crippen LogP contribution in [-0.4, -0.2) is 26.4 Å². The lowest BCUT2D eigenvalue weighted by atomic mass is 10.1. The summed E-state index contributed by atoms with van der Waals surface area (Å²) in [5.41, 5.74) is 2.38. The fourth-order valence-corrected chi connectivity index (χ4v) is 3.33. The normalized spacial score (nSPS) is 20.2. The molecule has 5 nitrogen and oxygen atoms in total. The second kappa shape index (κ2) is 7.09. The molecule has 1 aliphatic rings. The minimum Gasteiger partial charge on any atom is -0.361 e. The Morgan fingerprint density at radius 2 is 2.23 bits per heavy atom. The molecular formula is C17H26N4O. The van der Waals surface area contributed by atoms with E-state index in [4.69, 9.17) is 4.52 Å². The van der Waals surface area contributed by atoms with Gasteiger partial charge in [-0.15, -0.1) is 0 Å². The highest BCUT2D eigenvalue weighted by molar-refractivity contribution is 5.12. The molecule has 1 fully saturated rings. The first-order valence-electron chi connectivity index (χ1n) is 8.43. The second-order valence-electron chi connectivity index (χ2n) is 6.33. The van der Waals surface area contributed by atoms with Crippen LogP contribution in [0.15, 0.2) is 23.0 Å². The summed E-state index contributed by atoms with van der Waals surface area (Å²) in [4.78, 5) is 2.54. The molecule has 1 atom stereocenters. The molecule has 120 valence electrons. The molecule has 22 heavy (non-hydrogen) atoms. The Bertz CT molecular complexity index is 589. The number of likely N-dealkylation sites (tertiary alicyclic amines) is 1. The SMILES string of the molecule is CCCc1cc([C@@H]2CCCCCN2Cc2cnn(C)c2)no1. The van der Waals surface area contributed by atoms with E-state index in [0.29, 0.717) is 6.04 Å². The predicted octanol–water partition coefficient (Wildman–Crippen LogP) is 3.48. The molecular weight excluding hydrogens is 276 g/mol. The molecule has 0 unspecified atom stereocenters. The average molecular weight is 302 g/mol. The van der Waals surface area contributed by atoms with Crippen LogP contribution in [0.1, 0.15) is 62.1 Å². The van der Waals surface area contributed by atoms with E-state index in [9.17, 15) is 0 Å². The van der Waals surface area contributed by atoms with Gasteiger partial charge in [0, 0.05) is 37.8 Å². The van der Waals surface area contributed by atoms with Gasteiger partial charge >= 0.3 is 0 Å². The second-order valence-corrected chi connectivity index (χ2v) is 6.33. The molecule has 0 N–H and O–H groups in total. The number of hydrogen-bond donors (Lipinski definition) is 0. The predicted molar refractivity (Wildman–Crippen MR) is 85.3 cm³/mol. The van der Waals surface area contributed by atoms with Gasteiger partial charge in [-0.1, -0.05) is 24.9 Å². The van der Waals surface area contributed by atoms with Crippen molar-refractivity contribution in [2.45, 2.75) is 58.0 Å². The maximum Gasteiger partial charge on any atom is 0.137 e. The van der Waals surface area contributed by atoms with E-state index < -0.39 is 0 Å². The first-order chi connectivity index (χ1) is 10.8. The van der Waals surface area contributed by atoms with E-state index in [-0.39, 0.29) is 0 Å². The van der Waals surface area contributed by atoms with Gasteiger partial charge in [0.25, 0.3) is 0 Å². The van der Waals surface area contributed by atoms with Gasteiger partial charge in [0.1, 0.15) is 11.5 Å². The minimum atomic E-state index is 0.372. The van der Waals surface area contributed by atoms with Crippen molar-refractivity contribution in [1.29, 1.82) is 0 Å². The van der Waals surface area contributed by atoms with Gasteiger partial charge in [0.2, 0.25) is 0 Å². The lowest BCUT2D eigenvalue weighted by Crippen LogP contribution is -2.28. The van der Waals surface area contributed by atoms with Crippen LogP contribution in [0.2, 0.25) is 0 Å². The maximum atomic E-state index is 5.51. The summed E-state index contributed by atoms with van der Waals surface area (Å²) in [5, 5.41) is 8.65. The van der Waals surface area contributed by atoms with Crippen molar-refractivity contribution in [2.75, 3.05) is 6.54 Å². The third-order valence-electron chi connectivity index (χ3n) is 4.42. The highest BCUT2D eigenvalue weighted by atomic mass is 16.5. The largest absolute Gasteiger partial charge is 0.361 e. The van der Waals surface area contributed by atoms with E-state index in [1.54, 1.807) is 0 Å². The van der Waals surface area contributed by atoms with Crippen molar-refractivity contribution < 1.29 is 4.52 Å². The molecule has 1 saturated heterocycles. The maximum absolute atomic E-state index is 5.51. The van der Waals surface area contributed by atoms with Crippen molar-refractivity contribution in [3.63, 3.8) is 0 Å². The molecule has 3 rings (SSSR count). The summed E-state index contributed by atoms with van der Waals surface area (Å²) in [6.45, 7) is 4.23. The van der Waals surface area contributed by atoms with Crippen molar-refractivity contribution >= 4 is 0 Å². The van der Waals surface area contributed by atoms with Crippen LogP contribution in [0.25, 0.3) is 0 Å². The van der Waals surface area contributed by atoms with Crippen LogP contribution < -0.4 is 0 Å². The molecule has 0 saturated carbocycles. The minimum absolute atomic E-state index is 0.372. The Labute approximate surface area is 132 Å². The topological polar surface area (TPSA) is 47.1 Å². The molecule has 1 aliphatic heterocycles. The van der Waals surface area contributed by atoms with Crippen LogP contribution in [0.4, 0.5) is 0 Å². The van der Waals surface area contributed by atoms with Crippen molar-refractivity contribution in [2.24, 2.45) is 7.05 Å². The first-order valence-corrected chi connectivity index (χ1v) is 8.43. The van der Waals surface area contributed by atoms with Crippen LogP contribution in [-0.2, 0) is 20.0 Å². The van der Waals surface area contributed by atoms with Crippen molar-refractivity contribution in [3.8, 4) is 0 Å². The Kier molecular flexibility index (Phi) is 4.93. The van der Waals surface area contributed by atoms with Gasteiger partial charge in [0.05, 0.1) is 12.2 Å². The van der Waals surface area contributed by atoms with Crippen LogP contribution in [0.3, 0.4) is 0 Å². The quantitative estimate of drug-likeness (QED) is 0.848. The third-order valence-corrected chi connectivity index (χ3v) is 4.42. The molecule has 5 heteroatoms. The van der Waals surface area contributed by atoms with E-state index in [0.717, 1.165) is 37.4 Å². The van der Waals surface area contributed by atoms with Gasteiger partial charge in [-0.05, 0) is 25.8 Å². The van der Waals surface area contributed by atoms with Gasteiger partial charge in [0.15, 0.2) is 0 Å². The first kappa shape index (κ1) is 15.3. The summed E-state index contributed by atoms with van der Waals surface area (Å²) in [6.07, 6.45) is 11.1. The van der Waals surface area contributed by atoms with Gasteiger partial charge in [-0.2, -0.15) is 5.10 Å². The lowest BCUT2D eigenvalue weighted by molar-refractivity contribution is 0.183. The van der Waals surface area contributed by atoms with Crippen LogP contribution in [0.5, 0.6) is 0 Å². The molecule has 0 amide bonds. The monoisotopic (exact) mass is 302 g/mol. The number of hydrogen-bond acceptors (Lipinski definition) is 4. The fraction of sp³-hybridized carbons (Fsp3) is 0.647. The van der Waals surface area contributed by atoms with Gasteiger partial charge in [-0.3, -0.25) is 9.58 Å². The van der Waals surface area contributed by atoms with E-state index in [2.05, 4.69) is 34.3 Å². The average Bonchev–Trinajstić information content (AvgIpc) is 3.05. The molecule has 2 aromatic heterocycles. The smallest absolute Gasteiger partial charge is 0.137 e. The summed E-state index contributed by atoms with van der Waals surface area (Å²) >= 11 is 0. The highest BCUT2D eigenvalue weighted by Crippen LogP contribution is 2.31.